The van der Waals surface area contributed by atoms with Crippen LogP contribution in [0.5, 0.6) is 0 Å². The van der Waals surface area contributed by atoms with E-state index in [0.29, 0.717) is 34.9 Å². The number of carbonyl (C=O) groups excluding carboxylic acids is 2. The molecule has 2 unspecified atom stereocenters. The first-order valence-electron chi connectivity index (χ1n) is 9.44. The Morgan fingerprint density at radius 2 is 1.32 bits per heavy atom. The van der Waals surface area contributed by atoms with Gasteiger partial charge in [-0.25, -0.2) is 9.59 Å². The van der Waals surface area contributed by atoms with Crippen LogP contribution in [0.3, 0.4) is 0 Å². The molecule has 0 radical (unpaired) electrons. The van der Waals surface area contributed by atoms with Gasteiger partial charge in [-0.3, -0.25) is 0 Å². The molecule has 1 rings (SSSR count). The SMILES string of the molecule is C=C(C)C(=O)OCCCSCC1CSCC(CSCCCOC(=O)C(=C)C)S1. The van der Waals surface area contributed by atoms with Crippen molar-refractivity contribution in [2.75, 3.05) is 47.7 Å². The molecule has 0 aromatic carbocycles. The third kappa shape index (κ3) is 12.4. The molecule has 8 heteroatoms. The van der Waals surface area contributed by atoms with E-state index in [9.17, 15) is 9.59 Å². The van der Waals surface area contributed by atoms with Crippen LogP contribution in [0.25, 0.3) is 0 Å². The predicted octanol–water partition coefficient (Wildman–Crippen LogP) is 4.69. The van der Waals surface area contributed by atoms with Crippen LogP contribution >= 0.6 is 47.0 Å². The number of rotatable bonds is 14. The molecular weight excluding hydrogens is 432 g/mol. The second kappa shape index (κ2) is 15.6. The lowest BCUT2D eigenvalue weighted by atomic mass is 10.4. The van der Waals surface area contributed by atoms with E-state index >= 15 is 0 Å². The summed E-state index contributed by atoms with van der Waals surface area (Å²) in [4.78, 5) is 22.6. The van der Waals surface area contributed by atoms with Gasteiger partial charge >= 0.3 is 11.9 Å². The monoisotopic (exact) mass is 464 g/mol. The van der Waals surface area contributed by atoms with Crippen molar-refractivity contribution >= 4 is 59.0 Å². The Bertz CT molecular complexity index is 480. The zero-order valence-electron chi connectivity index (χ0n) is 16.9. The number of esters is 2. The van der Waals surface area contributed by atoms with Crippen LogP contribution < -0.4 is 0 Å². The fourth-order valence-electron chi connectivity index (χ4n) is 2.18. The molecule has 0 N–H and O–H groups in total. The van der Waals surface area contributed by atoms with Gasteiger partial charge < -0.3 is 9.47 Å². The molecule has 1 fully saturated rings. The van der Waals surface area contributed by atoms with Crippen LogP contribution in [-0.2, 0) is 19.1 Å². The molecular formula is C20H32O4S4. The number of ether oxygens (including phenoxy) is 2. The summed E-state index contributed by atoms with van der Waals surface area (Å²) in [5, 5.41) is 1.40. The quantitative estimate of drug-likeness (QED) is 0.208. The maximum atomic E-state index is 11.3. The molecule has 4 nitrogen and oxygen atoms in total. The van der Waals surface area contributed by atoms with Crippen LogP contribution in [0, 0.1) is 0 Å². The minimum absolute atomic E-state index is 0.293. The van der Waals surface area contributed by atoms with Crippen LogP contribution in [0.1, 0.15) is 26.7 Å². The summed E-state index contributed by atoms with van der Waals surface area (Å²) in [5.74, 6) is 6.22. The molecule has 0 aromatic rings. The van der Waals surface area contributed by atoms with Crippen molar-refractivity contribution < 1.29 is 19.1 Å². The lowest BCUT2D eigenvalue weighted by molar-refractivity contribution is -0.139. The highest BCUT2D eigenvalue weighted by atomic mass is 32.2. The highest BCUT2D eigenvalue weighted by molar-refractivity contribution is 8.09. The van der Waals surface area contributed by atoms with Crippen molar-refractivity contribution in [3.63, 3.8) is 0 Å². The van der Waals surface area contributed by atoms with E-state index in [1.165, 1.54) is 11.5 Å². The summed E-state index contributed by atoms with van der Waals surface area (Å²) in [7, 11) is 0. The van der Waals surface area contributed by atoms with Gasteiger partial charge in [-0.1, -0.05) is 13.2 Å². The lowest BCUT2D eigenvalue weighted by Gasteiger charge is -2.28. The van der Waals surface area contributed by atoms with Crippen molar-refractivity contribution in [2.24, 2.45) is 0 Å². The molecule has 0 amide bonds. The third-order valence-corrected chi connectivity index (χ3v) is 9.62. The second-order valence-electron chi connectivity index (χ2n) is 6.61. The van der Waals surface area contributed by atoms with Crippen molar-refractivity contribution in [1.29, 1.82) is 0 Å². The molecule has 1 heterocycles. The van der Waals surface area contributed by atoms with E-state index in [2.05, 4.69) is 36.7 Å². The summed E-state index contributed by atoms with van der Waals surface area (Å²) < 4.78 is 10.2. The van der Waals surface area contributed by atoms with Gasteiger partial charge in [0.05, 0.1) is 13.2 Å². The first kappa shape index (κ1) is 25.9. The van der Waals surface area contributed by atoms with Gasteiger partial charge in [-0.2, -0.15) is 47.0 Å². The summed E-state index contributed by atoms with van der Waals surface area (Å²) >= 11 is 8.08. The predicted molar refractivity (Wildman–Crippen MR) is 128 cm³/mol. The fraction of sp³-hybridized carbons (Fsp3) is 0.700. The maximum Gasteiger partial charge on any atom is 0.333 e. The molecule has 0 aromatic heterocycles. The number of hydrogen-bond donors (Lipinski definition) is 0. The van der Waals surface area contributed by atoms with Crippen molar-refractivity contribution in [3.05, 3.63) is 24.3 Å². The van der Waals surface area contributed by atoms with E-state index < -0.39 is 0 Å². The third-order valence-electron chi connectivity index (χ3n) is 3.63. The van der Waals surface area contributed by atoms with Gasteiger partial charge in [0.15, 0.2) is 0 Å². The maximum absolute atomic E-state index is 11.3. The second-order valence-corrected chi connectivity index (χ2v) is 11.6. The highest BCUT2D eigenvalue weighted by Gasteiger charge is 2.22. The molecule has 0 saturated carbocycles. The first-order chi connectivity index (χ1) is 13.4. The smallest absolute Gasteiger partial charge is 0.333 e. The summed E-state index contributed by atoms with van der Waals surface area (Å²) in [6.07, 6.45) is 1.78. The van der Waals surface area contributed by atoms with E-state index in [1.807, 2.05) is 23.5 Å². The van der Waals surface area contributed by atoms with Crippen molar-refractivity contribution in [2.45, 2.75) is 37.2 Å². The van der Waals surface area contributed by atoms with Gasteiger partial charge in [-0.15, -0.1) is 0 Å². The van der Waals surface area contributed by atoms with Crippen molar-refractivity contribution in [3.8, 4) is 0 Å². The minimum Gasteiger partial charge on any atom is -0.462 e. The van der Waals surface area contributed by atoms with Gasteiger partial charge in [0.2, 0.25) is 0 Å². The van der Waals surface area contributed by atoms with Gasteiger partial charge in [-0.05, 0) is 38.2 Å². The molecule has 1 aliphatic heterocycles. The average Bonchev–Trinajstić information content (AvgIpc) is 2.67. The van der Waals surface area contributed by atoms with Crippen LogP contribution in [-0.4, -0.2) is 70.2 Å². The van der Waals surface area contributed by atoms with E-state index in [-0.39, 0.29) is 11.9 Å². The number of thioether (sulfide) groups is 4. The van der Waals surface area contributed by atoms with Crippen LogP contribution in [0.2, 0.25) is 0 Å². The normalized spacial score (nSPS) is 19.1. The largest absolute Gasteiger partial charge is 0.462 e. The van der Waals surface area contributed by atoms with E-state index in [4.69, 9.17) is 9.47 Å². The molecule has 2 atom stereocenters. The zero-order valence-corrected chi connectivity index (χ0v) is 20.2. The Labute approximate surface area is 186 Å². The lowest BCUT2D eigenvalue weighted by Crippen LogP contribution is -2.25. The van der Waals surface area contributed by atoms with E-state index in [1.54, 1.807) is 13.8 Å². The molecule has 1 saturated heterocycles. The molecule has 1 aliphatic rings. The topological polar surface area (TPSA) is 52.6 Å². The Morgan fingerprint density at radius 1 is 0.893 bits per heavy atom. The Morgan fingerprint density at radius 3 is 1.71 bits per heavy atom. The molecule has 28 heavy (non-hydrogen) atoms. The Hall–Kier alpha value is -0.180. The van der Waals surface area contributed by atoms with Crippen molar-refractivity contribution in [1.82, 2.24) is 0 Å². The van der Waals surface area contributed by atoms with Crippen LogP contribution in [0.4, 0.5) is 0 Å². The molecule has 0 bridgehead atoms. The standard InChI is InChI=1S/C20H32O4S4/c1-15(2)19(21)23-7-5-9-25-11-17-13-27-14-18(28-17)12-26-10-6-8-24-20(22)16(3)4/h17-18H,1,3,5-14H2,2,4H3. The van der Waals surface area contributed by atoms with Gasteiger partial charge in [0.1, 0.15) is 0 Å². The number of hydrogen-bond acceptors (Lipinski definition) is 8. The van der Waals surface area contributed by atoms with Crippen LogP contribution in [0.15, 0.2) is 24.3 Å². The molecule has 160 valence electrons. The first-order valence-corrected chi connectivity index (χ1v) is 13.8. The minimum atomic E-state index is -0.293. The van der Waals surface area contributed by atoms with Gasteiger partial charge in [0.25, 0.3) is 0 Å². The average molecular weight is 465 g/mol. The van der Waals surface area contributed by atoms with Gasteiger partial charge in [0, 0.05) is 44.7 Å². The molecule has 0 spiro atoms. The fourth-order valence-corrected chi connectivity index (χ4v) is 8.07. The summed E-state index contributed by atoms with van der Waals surface area (Å²) in [5.41, 5.74) is 0.917. The molecule has 0 aliphatic carbocycles. The highest BCUT2D eigenvalue weighted by Crippen LogP contribution is 2.34. The Balaban J connectivity index is 2.02. The summed E-state index contributed by atoms with van der Waals surface area (Å²) in [6, 6.07) is 0. The zero-order chi connectivity index (χ0) is 20.8. The van der Waals surface area contributed by atoms with E-state index in [0.717, 1.165) is 35.9 Å². The summed E-state index contributed by atoms with van der Waals surface area (Å²) in [6.45, 7) is 11.5. The number of carbonyl (C=O) groups is 2. The Kier molecular flexibility index (Phi) is 14.4.